The van der Waals surface area contributed by atoms with Gasteiger partial charge in [-0.05, 0) is 47.9 Å². The topological polar surface area (TPSA) is 88.2 Å². The van der Waals surface area contributed by atoms with Gasteiger partial charge in [0, 0.05) is 38.4 Å². The van der Waals surface area contributed by atoms with Crippen LogP contribution in [0.3, 0.4) is 0 Å². The molecule has 1 aliphatic heterocycles. The standard InChI is InChI=1S/C24H33N3O5S/c1-19(2)20-4-8-23(9-5-20)32-18-24(28)25-12-17-33(29,30)27-15-13-26(14-16-27)21-6-10-22(31-3)11-7-21/h4-11,19H,12-18H2,1-3H3,(H,25,28). The number of ether oxygens (including phenoxy) is 2. The Bertz CT molecular complexity index is 999. The number of carbonyl (C=O) groups excluding carboxylic acids is 1. The first-order valence-corrected chi connectivity index (χ1v) is 12.8. The van der Waals surface area contributed by atoms with Crippen LogP contribution in [0.15, 0.2) is 48.5 Å². The first-order valence-electron chi connectivity index (χ1n) is 11.1. The third kappa shape index (κ3) is 7.10. The second-order valence-corrected chi connectivity index (χ2v) is 10.4. The molecule has 0 radical (unpaired) electrons. The largest absolute Gasteiger partial charge is 0.497 e. The number of carbonyl (C=O) groups is 1. The molecular weight excluding hydrogens is 442 g/mol. The van der Waals surface area contributed by atoms with Crippen molar-refractivity contribution in [3.63, 3.8) is 0 Å². The molecule has 0 aliphatic carbocycles. The highest BCUT2D eigenvalue weighted by Gasteiger charge is 2.26. The molecule has 33 heavy (non-hydrogen) atoms. The lowest BCUT2D eigenvalue weighted by Gasteiger charge is -2.35. The maximum Gasteiger partial charge on any atom is 0.257 e. The van der Waals surface area contributed by atoms with Crippen LogP contribution in [-0.2, 0) is 14.8 Å². The van der Waals surface area contributed by atoms with E-state index >= 15 is 0 Å². The molecule has 1 amide bonds. The highest BCUT2D eigenvalue weighted by Crippen LogP contribution is 2.21. The normalized spacial score (nSPS) is 14.8. The van der Waals surface area contributed by atoms with E-state index in [1.165, 1.54) is 9.87 Å². The molecule has 1 fully saturated rings. The van der Waals surface area contributed by atoms with Crippen LogP contribution in [0.1, 0.15) is 25.3 Å². The summed E-state index contributed by atoms with van der Waals surface area (Å²) in [5.41, 5.74) is 2.24. The molecule has 2 aromatic rings. The monoisotopic (exact) mass is 475 g/mol. The van der Waals surface area contributed by atoms with Crippen LogP contribution in [-0.4, -0.2) is 70.8 Å². The number of rotatable bonds is 10. The van der Waals surface area contributed by atoms with Crippen molar-refractivity contribution in [2.45, 2.75) is 19.8 Å². The Morgan fingerprint density at radius 2 is 1.58 bits per heavy atom. The third-order valence-corrected chi connectivity index (χ3v) is 7.54. The maximum atomic E-state index is 12.7. The molecule has 2 aromatic carbocycles. The van der Waals surface area contributed by atoms with Crippen molar-refractivity contribution >= 4 is 21.6 Å². The first kappa shape index (κ1) is 24.9. The van der Waals surface area contributed by atoms with Gasteiger partial charge in [0.2, 0.25) is 10.0 Å². The molecule has 1 heterocycles. The number of hydrogen-bond acceptors (Lipinski definition) is 6. The van der Waals surface area contributed by atoms with Crippen LogP contribution >= 0.6 is 0 Å². The quantitative estimate of drug-likeness (QED) is 0.568. The molecule has 0 unspecified atom stereocenters. The fourth-order valence-electron chi connectivity index (χ4n) is 3.61. The predicted octanol–water partition coefficient (Wildman–Crippen LogP) is 2.47. The molecule has 1 N–H and O–H groups in total. The van der Waals surface area contributed by atoms with Gasteiger partial charge in [-0.15, -0.1) is 0 Å². The van der Waals surface area contributed by atoms with Crippen molar-refractivity contribution in [3.8, 4) is 11.5 Å². The average Bonchev–Trinajstić information content (AvgIpc) is 2.83. The van der Waals surface area contributed by atoms with Gasteiger partial charge < -0.3 is 19.7 Å². The third-order valence-electron chi connectivity index (χ3n) is 5.67. The molecule has 1 saturated heterocycles. The van der Waals surface area contributed by atoms with E-state index in [1.54, 1.807) is 7.11 Å². The summed E-state index contributed by atoms with van der Waals surface area (Å²) in [5, 5.41) is 2.63. The second kappa shape index (κ2) is 11.4. The minimum absolute atomic E-state index is 0.0511. The van der Waals surface area contributed by atoms with Gasteiger partial charge in [-0.3, -0.25) is 4.79 Å². The number of hydrogen-bond donors (Lipinski definition) is 1. The lowest BCUT2D eigenvalue weighted by molar-refractivity contribution is -0.122. The van der Waals surface area contributed by atoms with Crippen LogP contribution in [0, 0.1) is 0 Å². The van der Waals surface area contributed by atoms with Gasteiger partial charge in [0.05, 0.1) is 12.9 Å². The van der Waals surface area contributed by atoms with Crippen molar-refractivity contribution in [3.05, 3.63) is 54.1 Å². The SMILES string of the molecule is COc1ccc(N2CCN(S(=O)(=O)CCNC(=O)COc3ccc(C(C)C)cc3)CC2)cc1. The molecule has 0 atom stereocenters. The fraction of sp³-hybridized carbons (Fsp3) is 0.458. The molecule has 1 aliphatic rings. The lowest BCUT2D eigenvalue weighted by atomic mass is 10.0. The summed E-state index contributed by atoms with van der Waals surface area (Å²) >= 11 is 0. The second-order valence-electron chi connectivity index (χ2n) is 8.26. The van der Waals surface area contributed by atoms with Crippen molar-refractivity contribution in [1.82, 2.24) is 9.62 Å². The van der Waals surface area contributed by atoms with Crippen LogP contribution < -0.4 is 19.7 Å². The number of piperazine rings is 1. The van der Waals surface area contributed by atoms with E-state index in [4.69, 9.17) is 9.47 Å². The molecule has 3 rings (SSSR count). The fourth-order valence-corrected chi connectivity index (χ4v) is 4.95. The van der Waals surface area contributed by atoms with E-state index in [-0.39, 0.29) is 24.8 Å². The summed E-state index contributed by atoms with van der Waals surface area (Å²) in [4.78, 5) is 14.2. The summed E-state index contributed by atoms with van der Waals surface area (Å²) in [6, 6.07) is 15.3. The number of amides is 1. The Morgan fingerprint density at radius 1 is 0.970 bits per heavy atom. The minimum Gasteiger partial charge on any atom is -0.497 e. The highest BCUT2D eigenvalue weighted by atomic mass is 32.2. The van der Waals surface area contributed by atoms with Crippen molar-refractivity contribution in [1.29, 1.82) is 0 Å². The minimum atomic E-state index is -3.44. The van der Waals surface area contributed by atoms with E-state index in [0.717, 1.165) is 11.4 Å². The molecule has 0 bridgehead atoms. The van der Waals surface area contributed by atoms with Crippen LogP contribution in [0.4, 0.5) is 5.69 Å². The number of methoxy groups -OCH3 is 1. The number of nitrogens with one attached hydrogen (secondary N) is 1. The van der Waals surface area contributed by atoms with Gasteiger partial charge in [-0.2, -0.15) is 4.31 Å². The van der Waals surface area contributed by atoms with E-state index in [1.807, 2.05) is 48.5 Å². The maximum absolute atomic E-state index is 12.7. The van der Waals surface area contributed by atoms with Gasteiger partial charge >= 0.3 is 0 Å². The van der Waals surface area contributed by atoms with Crippen LogP contribution in [0.25, 0.3) is 0 Å². The summed E-state index contributed by atoms with van der Waals surface area (Å²) in [7, 11) is -1.82. The predicted molar refractivity (Wildman–Crippen MR) is 130 cm³/mol. The summed E-state index contributed by atoms with van der Waals surface area (Å²) in [5.74, 6) is 1.34. The molecule has 180 valence electrons. The number of nitrogens with zero attached hydrogens (tertiary/aromatic N) is 2. The molecule has 0 saturated carbocycles. The zero-order valence-corrected chi connectivity index (χ0v) is 20.3. The zero-order chi connectivity index (χ0) is 23.8. The van der Waals surface area contributed by atoms with E-state index in [2.05, 4.69) is 24.1 Å². The molecule has 9 heteroatoms. The Balaban J connectivity index is 1.38. The van der Waals surface area contributed by atoms with Crippen molar-refractivity contribution < 1.29 is 22.7 Å². The molecule has 0 aromatic heterocycles. The Hall–Kier alpha value is -2.78. The van der Waals surface area contributed by atoms with Crippen molar-refractivity contribution in [2.75, 3.05) is 57.1 Å². The molecule has 8 nitrogen and oxygen atoms in total. The van der Waals surface area contributed by atoms with Gasteiger partial charge in [0.1, 0.15) is 11.5 Å². The van der Waals surface area contributed by atoms with Gasteiger partial charge in [0.25, 0.3) is 5.91 Å². The van der Waals surface area contributed by atoms with Gasteiger partial charge in [0.15, 0.2) is 6.61 Å². The zero-order valence-electron chi connectivity index (χ0n) is 19.5. The average molecular weight is 476 g/mol. The number of sulfonamides is 1. The smallest absolute Gasteiger partial charge is 0.257 e. The van der Waals surface area contributed by atoms with E-state index in [0.29, 0.717) is 37.8 Å². The first-order chi connectivity index (χ1) is 15.8. The van der Waals surface area contributed by atoms with Gasteiger partial charge in [-0.1, -0.05) is 26.0 Å². The Labute approximate surface area is 196 Å². The summed E-state index contributed by atoms with van der Waals surface area (Å²) in [6.45, 7) is 6.17. The van der Waals surface area contributed by atoms with Crippen LogP contribution in [0.2, 0.25) is 0 Å². The van der Waals surface area contributed by atoms with Gasteiger partial charge in [-0.25, -0.2) is 8.42 Å². The number of anilines is 1. The Kier molecular flexibility index (Phi) is 8.57. The van der Waals surface area contributed by atoms with E-state index in [9.17, 15) is 13.2 Å². The van der Waals surface area contributed by atoms with Crippen LogP contribution in [0.5, 0.6) is 11.5 Å². The molecule has 0 spiro atoms. The summed E-state index contributed by atoms with van der Waals surface area (Å²) < 4.78 is 37.5. The molecular formula is C24H33N3O5S. The van der Waals surface area contributed by atoms with Crippen molar-refractivity contribution in [2.24, 2.45) is 0 Å². The Morgan fingerprint density at radius 3 is 2.15 bits per heavy atom. The van der Waals surface area contributed by atoms with E-state index < -0.39 is 10.0 Å². The summed E-state index contributed by atoms with van der Waals surface area (Å²) in [6.07, 6.45) is 0. The highest BCUT2D eigenvalue weighted by molar-refractivity contribution is 7.89. The lowest BCUT2D eigenvalue weighted by Crippen LogP contribution is -2.50. The number of benzene rings is 2.